The van der Waals surface area contributed by atoms with Gasteiger partial charge >= 0.3 is 0 Å². The zero-order chi connectivity index (χ0) is 16.3. The van der Waals surface area contributed by atoms with Gasteiger partial charge in [-0.15, -0.1) is 0 Å². The van der Waals surface area contributed by atoms with Gasteiger partial charge in [-0.2, -0.15) is 0 Å². The van der Waals surface area contributed by atoms with Gasteiger partial charge in [-0.1, -0.05) is 29.3 Å². The number of rotatable bonds is 4. The van der Waals surface area contributed by atoms with Crippen molar-refractivity contribution in [3.05, 3.63) is 57.3 Å². The van der Waals surface area contributed by atoms with Crippen molar-refractivity contribution in [2.24, 2.45) is 0 Å². The third kappa shape index (κ3) is 3.81. The van der Waals surface area contributed by atoms with Gasteiger partial charge in [-0.05, 0) is 36.2 Å². The maximum Gasteiger partial charge on any atom is 0.252 e. The molecule has 0 bridgehead atoms. The highest BCUT2D eigenvalue weighted by Gasteiger charge is 2.13. The molecule has 0 radical (unpaired) electrons. The third-order valence-electron chi connectivity index (χ3n) is 2.99. The number of phenolic OH excluding ortho intramolecular Hbond substituents is 2. The second-order valence-electron chi connectivity index (χ2n) is 4.58. The molecular formula is C15H12Cl2FNO3. The summed E-state index contributed by atoms with van der Waals surface area (Å²) in [6.07, 6.45) is 0.424. The van der Waals surface area contributed by atoms with E-state index in [-0.39, 0.29) is 33.7 Å². The van der Waals surface area contributed by atoms with Crippen LogP contribution in [0.3, 0.4) is 0 Å². The van der Waals surface area contributed by atoms with E-state index in [9.17, 15) is 19.4 Å². The highest BCUT2D eigenvalue weighted by molar-refractivity contribution is 6.36. The van der Waals surface area contributed by atoms with Crippen LogP contribution in [0, 0.1) is 5.82 Å². The van der Waals surface area contributed by atoms with Crippen LogP contribution in [0.5, 0.6) is 11.5 Å². The van der Waals surface area contributed by atoms with Crippen LogP contribution >= 0.6 is 23.2 Å². The van der Waals surface area contributed by atoms with E-state index in [2.05, 4.69) is 5.32 Å². The Labute approximate surface area is 136 Å². The Balaban J connectivity index is 1.98. The molecular weight excluding hydrogens is 332 g/mol. The summed E-state index contributed by atoms with van der Waals surface area (Å²) in [4.78, 5) is 11.9. The molecule has 2 rings (SSSR count). The van der Waals surface area contributed by atoms with Crippen molar-refractivity contribution in [1.29, 1.82) is 0 Å². The van der Waals surface area contributed by atoms with Crippen LogP contribution < -0.4 is 5.32 Å². The molecule has 4 nitrogen and oxygen atoms in total. The summed E-state index contributed by atoms with van der Waals surface area (Å²) in [6, 6.07) is 6.53. The topological polar surface area (TPSA) is 69.6 Å². The summed E-state index contributed by atoms with van der Waals surface area (Å²) in [5, 5.41) is 21.1. The Kier molecular flexibility index (Phi) is 5.11. The molecule has 0 saturated heterocycles. The zero-order valence-corrected chi connectivity index (χ0v) is 12.7. The molecule has 0 aliphatic carbocycles. The first-order valence-corrected chi connectivity index (χ1v) is 7.07. The number of nitrogens with one attached hydrogen (secondary N) is 1. The van der Waals surface area contributed by atoms with Crippen molar-refractivity contribution >= 4 is 29.1 Å². The number of hydrogen-bond acceptors (Lipinski definition) is 3. The molecule has 2 aromatic carbocycles. The smallest absolute Gasteiger partial charge is 0.252 e. The van der Waals surface area contributed by atoms with Crippen LogP contribution in [-0.4, -0.2) is 22.7 Å². The molecule has 2 aromatic rings. The Morgan fingerprint density at radius 3 is 2.50 bits per heavy atom. The number of phenols is 2. The number of amides is 1. The van der Waals surface area contributed by atoms with Crippen LogP contribution in [0.25, 0.3) is 0 Å². The maximum atomic E-state index is 13.4. The number of halogens is 3. The van der Waals surface area contributed by atoms with Crippen molar-refractivity contribution in [3.63, 3.8) is 0 Å². The summed E-state index contributed by atoms with van der Waals surface area (Å²) in [5.74, 6) is -1.69. The Morgan fingerprint density at radius 2 is 1.82 bits per heavy atom. The van der Waals surface area contributed by atoms with E-state index >= 15 is 0 Å². The molecule has 0 aliphatic rings. The molecule has 0 aromatic heterocycles. The fourth-order valence-corrected chi connectivity index (χ4v) is 2.31. The third-order valence-corrected chi connectivity index (χ3v) is 3.60. The monoisotopic (exact) mass is 343 g/mol. The van der Waals surface area contributed by atoms with Crippen molar-refractivity contribution in [3.8, 4) is 11.5 Å². The SMILES string of the molecule is O=C(NCCc1ccc(O)c(O)c1)c1cc(F)c(Cl)cc1Cl. The molecule has 3 N–H and O–H groups in total. The largest absolute Gasteiger partial charge is 0.504 e. The van der Waals surface area contributed by atoms with Crippen LogP contribution in [0.15, 0.2) is 30.3 Å². The van der Waals surface area contributed by atoms with Gasteiger partial charge in [0.15, 0.2) is 11.5 Å². The number of benzene rings is 2. The predicted octanol–water partition coefficient (Wildman–Crippen LogP) is 3.52. The summed E-state index contributed by atoms with van der Waals surface area (Å²) < 4.78 is 13.4. The van der Waals surface area contributed by atoms with Crippen LogP contribution in [0.4, 0.5) is 4.39 Å². The van der Waals surface area contributed by atoms with Gasteiger partial charge in [-0.3, -0.25) is 4.79 Å². The van der Waals surface area contributed by atoms with Gasteiger partial charge in [0.1, 0.15) is 5.82 Å². The lowest BCUT2D eigenvalue weighted by molar-refractivity contribution is 0.0954. The Morgan fingerprint density at radius 1 is 1.09 bits per heavy atom. The summed E-state index contributed by atoms with van der Waals surface area (Å²) in [6.45, 7) is 0.254. The molecule has 22 heavy (non-hydrogen) atoms. The van der Waals surface area contributed by atoms with Crippen molar-refractivity contribution in [2.45, 2.75) is 6.42 Å². The minimum Gasteiger partial charge on any atom is -0.504 e. The minimum absolute atomic E-state index is 0.00267. The maximum absolute atomic E-state index is 13.4. The number of aromatic hydroxyl groups is 2. The zero-order valence-electron chi connectivity index (χ0n) is 11.2. The molecule has 0 heterocycles. The van der Waals surface area contributed by atoms with E-state index in [1.54, 1.807) is 6.07 Å². The summed E-state index contributed by atoms with van der Waals surface area (Å²) in [7, 11) is 0. The molecule has 1 amide bonds. The minimum atomic E-state index is -0.723. The van der Waals surface area contributed by atoms with Gasteiger partial charge in [-0.25, -0.2) is 4.39 Å². The normalized spacial score (nSPS) is 10.5. The van der Waals surface area contributed by atoms with Gasteiger partial charge in [0.25, 0.3) is 5.91 Å². The standard InChI is InChI=1S/C15H12Cl2FNO3/c16-10-7-11(17)12(18)6-9(10)15(22)19-4-3-8-1-2-13(20)14(21)5-8/h1-2,5-7,20-21H,3-4H2,(H,19,22). The first kappa shape index (κ1) is 16.4. The number of carbonyl (C=O) groups is 1. The van der Waals surface area contributed by atoms with Crippen molar-refractivity contribution < 1.29 is 19.4 Å². The van der Waals surface area contributed by atoms with Crippen LogP contribution in [-0.2, 0) is 6.42 Å². The lowest BCUT2D eigenvalue weighted by Gasteiger charge is -2.08. The second-order valence-corrected chi connectivity index (χ2v) is 5.39. The highest BCUT2D eigenvalue weighted by atomic mass is 35.5. The van der Waals surface area contributed by atoms with E-state index in [1.165, 1.54) is 18.2 Å². The highest BCUT2D eigenvalue weighted by Crippen LogP contribution is 2.25. The molecule has 0 saturated carbocycles. The van der Waals surface area contributed by atoms with Crippen LogP contribution in [0.2, 0.25) is 10.0 Å². The molecule has 0 unspecified atom stereocenters. The first-order chi connectivity index (χ1) is 10.4. The molecule has 0 atom stereocenters. The van der Waals surface area contributed by atoms with Gasteiger partial charge < -0.3 is 15.5 Å². The van der Waals surface area contributed by atoms with E-state index in [1.807, 2.05) is 0 Å². The molecule has 0 aliphatic heterocycles. The predicted molar refractivity (Wildman–Crippen MR) is 82.2 cm³/mol. The van der Waals surface area contributed by atoms with E-state index in [0.717, 1.165) is 11.6 Å². The summed E-state index contributed by atoms with van der Waals surface area (Å²) >= 11 is 11.4. The van der Waals surface area contributed by atoms with E-state index in [4.69, 9.17) is 23.2 Å². The fraction of sp³-hybridized carbons (Fsp3) is 0.133. The van der Waals surface area contributed by atoms with E-state index < -0.39 is 11.7 Å². The molecule has 116 valence electrons. The number of hydrogen-bond donors (Lipinski definition) is 3. The second kappa shape index (κ2) is 6.85. The Hall–Kier alpha value is -1.98. The summed E-state index contributed by atoms with van der Waals surface area (Å²) in [5.41, 5.74) is 0.723. The van der Waals surface area contributed by atoms with Gasteiger partial charge in [0.05, 0.1) is 15.6 Å². The fourth-order valence-electron chi connectivity index (χ4n) is 1.84. The average Bonchev–Trinajstić information content (AvgIpc) is 2.46. The molecule has 7 heteroatoms. The van der Waals surface area contributed by atoms with Crippen molar-refractivity contribution in [1.82, 2.24) is 5.32 Å². The lowest BCUT2D eigenvalue weighted by atomic mass is 10.1. The van der Waals surface area contributed by atoms with E-state index in [0.29, 0.717) is 6.42 Å². The van der Waals surface area contributed by atoms with Gasteiger partial charge in [0.2, 0.25) is 0 Å². The lowest BCUT2D eigenvalue weighted by Crippen LogP contribution is -2.26. The van der Waals surface area contributed by atoms with Gasteiger partial charge in [0, 0.05) is 6.54 Å². The number of carbonyl (C=O) groups excluding carboxylic acids is 1. The molecule has 0 spiro atoms. The van der Waals surface area contributed by atoms with Crippen molar-refractivity contribution in [2.75, 3.05) is 6.54 Å². The molecule has 0 fully saturated rings. The first-order valence-electron chi connectivity index (χ1n) is 6.32. The average molecular weight is 344 g/mol. The Bertz CT molecular complexity index is 722. The van der Waals surface area contributed by atoms with Crippen LogP contribution in [0.1, 0.15) is 15.9 Å². The quantitative estimate of drug-likeness (QED) is 0.587.